The average Bonchev–Trinajstić information content (AvgIpc) is 2.92. The Morgan fingerprint density at radius 1 is 1.58 bits per heavy atom. The van der Waals surface area contributed by atoms with E-state index >= 15 is 0 Å². The van der Waals surface area contributed by atoms with Crippen LogP contribution in [0, 0.1) is 5.92 Å². The zero-order chi connectivity index (χ0) is 13.5. The predicted molar refractivity (Wildman–Crippen MR) is 74.3 cm³/mol. The van der Waals surface area contributed by atoms with Crippen molar-refractivity contribution in [2.24, 2.45) is 5.92 Å². The summed E-state index contributed by atoms with van der Waals surface area (Å²) in [6.07, 6.45) is 3.74. The van der Waals surface area contributed by atoms with Crippen LogP contribution in [0.3, 0.4) is 0 Å². The largest absolute Gasteiger partial charge is 0.381 e. The summed E-state index contributed by atoms with van der Waals surface area (Å²) >= 11 is 0. The Kier molecular flexibility index (Phi) is 5.15. The molecule has 0 radical (unpaired) electrons. The lowest BCUT2D eigenvalue weighted by atomic mass is 10.1. The molecule has 1 aromatic heterocycles. The lowest BCUT2D eigenvalue weighted by Gasteiger charge is -2.09. The SMILES string of the molecule is CCNc1cc(C(=O)NCCC2CCOC2)ccn1. The first-order valence-electron chi connectivity index (χ1n) is 6.85. The maximum atomic E-state index is 12.0. The van der Waals surface area contributed by atoms with Crippen LogP contribution in [0.25, 0.3) is 0 Å². The maximum absolute atomic E-state index is 12.0. The van der Waals surface area contributed by atoms with Gasteiger partial charge in [0.15, 0.2) is 0 Å². The minimum absolute atomic E-state index is 0.0412. The van der Waals surface area contributed by atoms with Gasteiger partial charge >= 0.3 is 0 Å². The molecule has 1 aromatic rings. The molecule has 5 nitrogen and oxygen atoms in total. The highest BCUT2D eigenvalue weighted by molar-refractivity contribution is 5.94. The first-order valence-corrected chi connectivity index (χ1v) is 6.85. The van der Waals surface area contributed by atoms with Crippen LogP contribution in [0.15, 0.2) is 18.3 Å². The van der Waals surface area contributed by atoms with Crippen molar-refractivity contribution in [1.29, 1.82) is 0 Å². The number of aromatic nitrogens is 1. The first-order chi connectivity index (χ1) is 9.29. The van der Waals surface area contributed by atoms with Gasteiger partial charge in [-0.2, -0.15) is 0 Å². The molecule has 2 heterocycles. The summed E-state index contributed by atoms with van der Waals surface area (Å²) in [6, 6.07) is 3.51. The molecule has 1 atom stereocenters. The topological polar surface area (TPSA) is 63.2 Å². The van der Waals surface area contributed by atoms with Crippen molar-refractivity contribution in [3.8, 4) is 0 Å². The second-order valence-electron chi connectivity index (χ2n) is 4.73. The third kappa shape index (κ3) is 4.21. The highest BCUT2D eigenvalue weighted by atomic mass is 16.5. The molecular formula is C14H21N3O2. The van der Waals surface area contributed by atoms with Crippen LogP contribution in [-0.2, 0) is 4.74 Å². The van der Waals surface area contributed by atoms with Crippen molar-refractivity contribution in [2.75, 3.05) is 31.6 Å². The van der Waals surface area contributed by atoms with Crippen molar-refractivity contribution >= 4 is 11.7 Å². The maximum Gasteiger partial charge on any atom is 0.251 e. The molecule has 0 spiro atoms. The van der Waals surface area contributed by atoms with Crippen molar-refractivity contribution in [2.45, 2.75) is 19.8 Å². The van der Waals surface area contributed by atoms with Crippen LogP contribution in [-0.4, -0.2) is 37.2 Å². The predicted octanol–water partition coefficient (Wildman–Crippen LogP) is 1.67. The highest BCUT2D eigenvalue weighted by Crippen LogP contribution is 2.15. The fourth-order valence-corrected chi connectivity index (χ4v) is 2.15. The summed E-state index contributed by atoms with van der Waals surface area (Å²) in [5.41, 5.74) is 0.647. The van der Waals surface area contributed by atoms with E-state index in [4.69, 9.17) is 4.74 Å². The van der Waals surface area contributed by atoms with E-state index in [1.54, 1.807) is 18.3 Å². The van der Waals surface area contributed by atoms with Crippen LogP contribution in [0.4, 0.5) is 5.82 Å². The fourth-order valence-electron chi connectivity index (χ4n) is 2.15. The minimum Gasteiger partial charge on any atom is -0.381 e. The van der Waals surface area contributed by atoms with Crippen molar-refractivity contribution < 1.29 is 9.53 Å². The number of hydrogen-bond donors (Lipinski definition) is 2. The quantitative estimate of drug-likeness (QED) is 0.819. The number of ether oxygens (including phenoxy) is 1. The summed E-state index contributed by atoms with van der Waals surface area (Å²) in [5, 5.41) is 6.04. The Bertz CT molecular complexity index is 417. The van der Waals surface area contributed by atoms with Gasteiger partial charge < -0.3 is 15.4 Å². The second-order valence-corrected chi connectivity index (χ2v) is 4.73. The number of amides is 1. The van der Waals surface area contributed by atoms with E-state index in [0.29, 0.717) is 18.0 Å². The van der Waals surface area contributed by atoms with Gasteiger partial charge in [-0.3, -0.25) is 4.79 Å². The standard InChI is InChI=1S/C14H21N3O2/c1-2-15-13-9-12(4-7-16-13)14(18)17-6-3-11-5-8-19-10-11/h4,7,9,11H,2-3,5-6,8,10H2,1H3,(H,15,16)(H,17,18). The zero-order valence-electron chi connectivity index (χ0n) is 11.3. The number of carbonyl (C=O) groups excluding carboxylic acids is 1. The van der Waals surface area contributed by atoms with Crippen molar-refractivity contribution in [1.82, 2.24) is 10.3 Å². The van der Waals surface area contributed by atoms with E-state index in [9.17, 15) is 4.79 Å². The number of pyridine rings is 1. The Balaban J connectivity index is 1.79. The van der Waals surface area contributed by atoms with Gasteiger partial charge in [-0.15, -0.1) is 0 Å². The molecule has 1 fully saturated rings. The van der Waals surface area contributed by atoms with Gasteiger partial charge in [-0.25, -0.2) is 4.98 Å². The Morgan fingerprint density at radius 2 is 2.47 bits per heavy atom. The minimum atomic E-state index is -0.0412. The van der Waals surface area contributed by atoms with E-state index in [-0.39, 0.29) is 5.91 Å². The summed E-state index contributed by atoms with van der Waals surface area (Å²) in [6.45, 7) is 5.17. The molecule has 1 unspecified atom stereocenters. The number of anilines is 1. The van der Waals surface area contributed by atoms with E-state index in [0.717, 1.165) is 38.4 Å². The molecule has 1 aliphatic rings. The van der Waals surface area contributed by atoms with Crippen LogP contribution in [0.5, 0.6) is 0 Å². The summed E-state index contributed by atoms with van der Waals surface area (Å²) in [4.78, 5) is 16.1. The van der Waals surface area contributed by atoms with Gasteiger partial charge in [-0.05, 0) is 37.8 Å². The normalized spacial score (nSPS) is 18.3. The van der Waals surface area contributed by atoms with Gasteiger partial charge in [0.25, 0.3) is 5.91 Å². The molecule has 5 heteroatoms. The third-order valence-electron chi connectivity index (χ3n) is 3.24. The lowest BCUT2D eigenvalue weighted by molar-refractivity contribution is 0.0950. The molecule has 2 N–H and O–H groups in total. The zero-order valence-corrected chi connectivity index (χ0v) is 11.3. The summed E-state index contributed by atoms with van der Waals surface area (Å²) in [7, 11) is 0. The fraction of sp³-hybridized carbons (Fsp3) is 0.571. The smallest absolute Gasteiger partial charge is 0.251 e. The highest BCUT2D eigenvalue weighted by Gasteiger charge is 2.15. The van der Waals surface area contributed by atoms with E-state index in [1.165, 1.54) is 0 Å². The van der Waals surface area contributed by atoms with Crippen molar-refractivity contribution in [3.63, 3.8) is 0 Å². The van der Waals surface area contributed by atoms with Gasteiger partial charge in [-0.1, -0.05) is 0 Å². The lowest BCUT2D eigenvalue weighted by Crippen LogP contribution is -2.26. The Labute approximate surface area is 113 Å². The average molecular weight is 263 g/mol. The monoisotopic (exact) mass is 263 g/mol. The number of hydrogen-bond acceptors (Lipinski definition) is 4. The summed E-state index contributed by atoms with van der Waals surface area (Å²) < 4.78 is 5.31. The number of carbonyl (C=O) groups is 1. The number of nitrogens with zero attached hydrogens (tertiary/aromatic N) is 1. The number of rotatable bonds is 6. The van der Waals surface area contributed by atoms with Gasteiger partial charge in [0, 0.05) is 38.1 Å². The Morgan fingerprint density at radius 3 is 3.21 bits per heavy atom. The number of nitrogens with one attached hydrogen (secondary N) is 2. The van der Waals surface area contributed by atoms with Gasteiger partial charge in [0.05, 0.1) is 0 Å². The van der Waals surface area contributed by atoms with Crippen LogP contribution >= 0.6 is 0 Å². The third-order valence-corrected chi connectivity index (χ3v) is 3.24. The molecule has 0 saturated carbocycles. The molecule has 0 aliphatic carbocycles. The van der Waals surface area contributed by atoms with Crippen molar-refractivity contribution in [3.05, 3.63) is 23.9 Å². The molecule has 104 valence electrons. The second kappa shape index (κ2) is 7.09. The molecule has 19 heavy (non-hydrogen) atoms. The molecule has 2 rings (SSSR count). The van der Waals surface area contributed by atoms with Crippen LogP contribution in [0.1, 0.15) is 30.1 Å². The molecular weight excluding hydrogens is 242 g/mol. The molecule has 0 aromatic carbocycles. The molecule has 0 bridgehead atoms. The molecule has 1 saturated heterocycles. The van der Waals surface area contributed by atoms with E-state index < -0.39 is 0 Å². The van der Waals surface area contributed by atoms with Crippen LogP contribution in [0.2, 0.25) is 0 Å². The van der Waals surface area contributed by atoms with Gasteiger partial charge in [0.1, 0.15) is 5.82 Å². The van der Waals surface area contributed by atoms with Gasteiger partial charge in [0.2, 0.25) is 0 Å². The van der Waals surface area contributed by atoms with E-state index in [1.807, 2.05) is 6.92 Å². The summed E-state index contributed by atoms with van der Waals surface area (Å²) in [5.74, 6) is 1.29. The molecule has 1 aliphatic heterocycles. The Hall–Kier alpha value is -1.62. The van der Waals surface area contributed by atoms with E-state index in [2.05, 4.69) is 15.6 Å². The van der Waals surface area contributed by atoms with Crippen LogP contribution < -0.4 is 10.6 Å². The first kappa shape index (κ1) is 13.8. The molecule has 1 amide bonds.